The van der Waals surface area contributed by atoms with E-state index in [0.717, 1.165) is 10.3 Å². The minimum atomic E-state index is 0.625. The third kappa shape index (κ3) is 2.08. The van der Waals surface area contributed by atoms with Gasteiger partial charge in [0, 0.05) is 11.3 Å². The summed E-state index contributed by atoms with van der Waals surface area (Å²) in [6.45, 7) is 2.10. The van der Waals surface area contributed by atoms with E-state index in [1.54, 1.807) is 0 Å². The number of aromatic nitrogens is 2. The lowest BCUT2D eigenvalue weighted by Crippen LogP contribution is -2.00. The summed E-state index contributed by atoms with van der Waals surface area (Å²) < 4.78 is 0.720. The van der Waals surface area contributed by atoms with Gasteiger partial charge >= 0.3 is 0 Å². The zero-order chi connectivity index (χ0) is 11.8. The Kier molecular flexibility index (Phi) is 2.87. The van der Waals surface area contributed by atoms with Gasteiger partial charge in [0.05, 0.1) is 11.2 Å². The Morgan fingerprint density at radius 2 is 1.94 bits per heavy atom. The highest BCUT2D eigenvalue weighted by Gasteiger charge is 2.21. The molecule has 1 aromatic heterocycles. The number of fused-ring (bicyclic) bond motifs is 1. The van der Waals surface area contributed by atoms with Gasteiger partial charge in [0.1, 0.15) is 0 Å². The second-order valence-electron chi connectivity index (χ2n) is 4.88. The van der Waals surface area contributed by atoms with E-state index >= 15 is 0 Å². The van der Waals surface area contributed by atoms with Crippen molar-refractivity contribution >= 4 is 26.8 Å². The van der Waals surface area contributed by atoms with Crippen molar-refractivity contribution in [2.75, 3.05) is 0 Å². The Bertz CT molecular complexity index is 554. The lowest BCUT2D eigenvalue weighted by atomic mass is 9.99. The molecule has 1 aliphatic rings. The number of aryl methyl sites for hydroxylation is 1. The van der Waals surface area contributed by atoms with Crippen LogP contribution in [0.4, 0.5) is 0 Å². The normalized spacial score (nSPS) is 16.8. The zero-order valence-electron chi connectivity index (χ0n) is 9.91. The molecule has 1 heterocycles. The quantitative estimate of drug-likeness (QED) is 0.730. The molecule has 2 aromatic rings. The van der Waals surface area contributed by atoms with Crippen molar-refractivity contribution in [1.29, 1.82) is 0 Å². The maximum absolute atomic E-state index is 4.62. The van der Waals surface area contributed by atoms with Crippen molar-refractivity contribution in [2.24, 2.45) is 0 Å². The van der Waals surface area contributed by atoms with Crippen LogP contribution in [0.3, 0.4) is 0 Å². The van der Waals surface area contributed by atoms with Crippen molar-refractivity contribution in [2.45, 2.75) is 38.5 Å². The number of hydrogen-bond donors (Lipinski definition) is 0. The fourth-order valence-corrected chi connectivity index (χ4v) is 3.13. The van der Waals surface area contributed by atoms with Crippen LogP contribution in [-0.4, -0.2) is 9.97 Å². The molecular weight excluding hydrogens is 276 g/mol. The molecule has 0 spiro atoms. The van der Waals surface area contributed by atoms with Crippen LogP contribution in [0, 0.1) is 6.92 Å². The maximum atomic E-state index is 4.62. The molecule has 0 N–H and O–H groups in total. The molecule has 0 bridgehead atoms. The highest BCUT2D eigenvalue weighted by molar-refractivity contribution is 9.10. The van der Waals surface area contributed by atoms with Gasteiger partial charge in [-0.05, 0) is 47.3 Å². The minimum absolute atomic E-state index is 0.625. The van der Waals surface area contributed by atoms with Crippen LogP contribution in [-0.2, 0) is 0 Å². The number of benzene rings is 1. The van der Waals surface area contributed by atoms with Crippen LogP contribution in [0.1, 0.15) is 42.9 Å². The Balaban J connectivity index is 2.21. The summed E-state index contributed by atoms with van der Waals surface area (Å²) in [6.07, 6.45) is 5.21. The Morgan fingerprint density at radius 1 is 1.18 bits per heavy atom. The van der Waals surface area contributed by atoms with E-state index in [9.17, 15) is 0 Å². The van der Waals surface area contributed by atoms with E-state index in [1.165, 1.54) is 42.3 Å². The number of hydrogen-bond acceptors (Lipinski definition) is 2. The number of rotatable bonds is 1. The van der Waals surface area contributed by atoms with Gasteiger partial charge in [0.25, 0.3) is 0 Å². The second kappa shape index (κ2) is 4.37. The van der Waals surface area contributed by atoms with Crippen molar-refractivity contribution in [3.8, 4) is 0 Å². The van der Waals surface area contributed by atoms with Gasteiger partial charge in [-0.25, -0.2) is 9.97 Å². The molecule has 3 heteroatoms. The van der Waals surface area contributed by atoms with E-state index in [1.807, 2.05) is 0 Å². The Hall–Kier alpha value is -0.960. The topological polar surface area (TPSA) is 25.8 Å². The first-order valence-electron chi connectivity index (χ1n) is 6.18. The van der Waals surface area contributed by atoms with Crippen molar-refractivity contribution in [3.63, 3.8) is 0 Å². The molecule has 0 aliphatic heterocycles. The molecule has 1 fully saturated rings. The first kappa shape index (κ1) is 11.1. The Morgan fingerprint density at radius 3 is 2.71 bits per heavy atom. The van der Waals surface area contributed by atoms with Crippen molar-refractivity contribution in [3.05, 3.63) is 34.2 Å². The van der Waals surface area contributed by atoms with Crippen LogP contribution in [0.15, 0.2) is 22.9 Å². The van der Waals surface area contributed by atoms with Gasteiger partial charge in [0.2, 0.25) is 0 Å². The molecule has 0 amide bonds. The molecule has 3 rings (SSSR count). The van der Waals surface area contributed by atoms with Crippen LogP contribution in [0.25, 0.3) is 10.9 Å². The molecule has 0 atom stereocenters. The zero-order valence-corrected chi connectivity index (χ0v) is 11.5. The molecule has 0 radical (unpaired) electrons. The predicted octanol–water partition coefficient (Wildman–Crippen LogP) is 4.36. The molecule has 0 saturated heterocycles. The molecule has 1 aliphatic carbocycles. The monoisotopic (exact) mass is 290 g/mol. The first-order valence-corrected chi connectivity index (χ1v) is 6.97. The summed E-state index contributed by atoms with van der Waals surface area (Å²) >= 11 is 3.43. The van der Waals surface area contributed by atoms with Crippen molar-refractivity contribution < 1.29 is 0 Å². The molecule has 1 aromatic carbocycles. The summed E-state index contributed by atoms with van der Waals surface area (Å²) in [6, 6.07) is 6.46. The molecular formula is C14H15BrN2. The fourth-order valence-electron chi connectivity index (χ4n) is 2.75. The van der Waals surface area contributed by atoms with Crippen LogP contribution < -0.4 is 0 Å². The van der Waals surface area contributed by atoms with Crippen LogP contribution in [0.2, 0.25) is 0 Å². The van der Waals surface area contributed by atoms with Crippen LogP contribution >= 0.6 is 15.9 Å². The van der Waals surface area contributed by atoms with Gasteiger partial charge in [0.15, 0.2) is 4.73 Å². The van der Waals surface area contributed by atoms with Gasteiger partial charge in [-0.15, -0.1) is 0 Å². The van der Waals surface area contributed by atoms with E-state index in [2.05, 4.69) is 51.0 Å². The predicted molar refractivity (Wildman–Crippen MR) is 73.2 cm³/mol. The highest BCUT2D eigenvalue weighted by Crippen LogP contribution is 2.36. The lowest BCUT2D eigenvalue weighted by Gasteiger charge is -2.12. The molecule has 17 heavy (non-hydrogen) atoms. The first-order chi connectivity index (χ1) is 8.24. The smallest absolute Gasteiger partial charge is 0.197 e. The Labute approximate surface area is 110 Å². The molecule has 2 nitrogen and oxygen atoms in total. The number of halogens is 1. The fraction of sp³-hybridized carbons (Fsp3) is 0.429. The summed E-state index contributed by atoms with van der Waals surface area (Å²) in [4.78, 5) is 9.09. The van der Waals surface area contributed by atoms with Gasteiger partial charge < -0.3 is 0 Å². The molecule has 0 unspecified atom stereocenters. The summed E-state index contributed by atoms with van der Waals surface area (Å²) in [5, 5.41) is 1.23. The lowest BCUT2D eigenvalue weighted by molar-refractivity contribution is 0.700. The van der Waals surface area contributed by atoms with Crippen LogP contribution in [0.5, 0.6) is 0 Å². The van der Waals surface area contributed by atoms with Crippen molar-refractivity contribution in [1.82, 2.24) is 9.97 Å². The largest absolute Gasteiger partial charge is 0.226 e. The maximum Gasteiger partial charge on any atom is 0.197 e. The minimum Gasteiger partial charge on any atom is -0.226 e. The average molecular weight is 291 g/mol. The van der Waals surface area contributed by atoms with Gasteiger partial charge in [-0.1, -0.05) is 25.0 Å². The average Bonchev–Trinajstić information content (AvgIpc) is 2.80. The third-order valence-corrected chi connectivity index (χ3v) is 3.95. The highest BCUT2D eigenvalue weighted by atomic mass is 79.9. The summed E-state index contributed by atoms with van der Waals surface area (Å²) in [5.74, 6) is 0.625. The van der Waals surface area contributed by atoms with E-state index in [4.69, 9.17) is 0 Å². The SMILES string of the molecule is Cc1ccc2c(C3CCCC3)nc(Br)nc2c1. The number of nitrogens with zero attached hydrogens (tertiary/aromatic N) is 2. The third-order valence-electron chi connectivity index (χ3n) is 3.60. The molecule has 1 saturated carbocycles. The van der Waals surface area contributed by atoms with Gasteiger partial charge in [-0.3, -0.25) is 0 Å². The second-order valence-corrected chi connectivity index (χ2v) is 5.59. The standard InChI is InChI=1S/C14H15BrN2/c1-9-6-7-11-12(8-9)16-14(15)17-13(11)10-4-2-3-5-10/h6-8,10H,2-5H2,1H3. The van der Waals surface area contributed by atoms with E-state index < -0.39 is 0 Å². The van der Waals surface area contributed by atoms with E-state index in [0.29, 0.717) is 5.92 Å². The van der Waals surface area contributed by atoms with E-state index in [-0.39, 0.29) is 0 Å². The molecule has 88 valence electrons. The summed E-state index contributed by atoms with van der Waals surface area (Å²) in [5.41, 5.74) is 3.55. The summed E-state index contributed by atoms with van der Waals surface area (Å²) in [7, 11) is 0. The van der Waals surface area contributed by atoms with Gasteiger partial charge in [-0.2, -0.15) is 0 Å².